The summed E-state index contributed by atoms with van der Waals surface area (Å²) in [5, 5.41) is 2.84. The van der Waals surface area contributed by atoms with Gasteiger partial charge in [0, 0.05) is 30.7 Å². The van der Waals surface area contributed by atoms with Crippen LogP contribution in [-0.2, 0) is 6.54 Å². The van der Waals surface area contributed by atoms with Gasteiger partial charge in [-0.15, -0.1) is 0 Å². The first-order chi connectivity index (χ1) is 14.7. The van der Waals surface area contributed by atoms with E-state index in [-0.39, 0.29) is 29.3 Å². The number of carbonyl (C=O) groups is 1. The SMILES string of the molecule is COc1cc(=O)n(-c2ccccc2)cc1C(=O)NCc1ccc(-c2ccco2)nc1. The van der Waals surface area contributed by atoms with Gasteiger partial charge < -0.3 is 14.5 Å². The molecule has 3 aromatic heterocycles. The van der Waals surface area contributed by atoms with Crippen molar-refractivity contribution in [2.75, 3.05) is 7.11 Å². The fraction of sp³-hybridized carbons (Fsp3) is 0.0870. The first kappa shape index (κ1) is 19.2. The molecule has 0 aliphatic rings. The van der Waals surface area contributed by atoms with Crippen molar-refractivity contribution >= 4 is 5.91 Å². The second kappa shape index (κ2) is 8.48. The van der Waals surface area contributed by atoms with Gasteiger partial charge in [-0.25, -0.2) is 0 Å². The number of pyridine rings is 2. The zero-order chi connectivity index (χ0) is 20.9. The average Bonchev–Trinajstić information content (AvgIpc) is 3.33. The van der Waals surface area contributed by atoms with E-state index in [4.69, 9.17) is 9.15 Å². The second-order valence-electron chi connectivity index (χ2n) is 6.51. The summed E-state index contributed by atoms with van der Waals surface area (Å²) in [5.41, 5.74) is 2.19. The molecule has 0 aliphatic carbocycles. The number of para-hydroxylation sites is 1. The van der Waals surface area contributed by atoms with Gasteiger partial charge in [0.25, 0.3) is 11.5 Å². The Kier molecular flexibility index (Phi) is 5.43. The lowest BCUT2D eigenvalue weighted by Gasteiger charge is -2.13. The van der Waals surface area contributed by atoms with Gasteiger partial charge in [0.15, 0.2) is 5.76 Å². The number of furan rings is 1. The van der Waals surface area contributed by atoms with Crippen molar-refractivity contribution in [3.05, 3.63) is 101 Å². The highest BCUT2D eigenvalue weighted by molar-refractivity contribution is 5.96. The van der Waals surface area contributed by atoms with Gasteiger partial charge in [-0.05, 0) is 35.9 Å². The van der Waals surface area contributed by atoms with E-state index >= 15 is 0 Å². The van der Waals surface area contributed by atoms with E-state index in [1.54, 1.807) is 30.7 Å². The monoisotopic (exact) mass is 401 g/mol. The summed E-state index contributed by atoms with van der Waals surface area (Å²) < 4.78 is 12.0. The Labute approximate surface area is 172 Å². The van der Waals surface area contributed by atoms with Crippen LogP contribution in [-0.4, -0.2) is 22.6 Å². The van der Waals surface area contributed by atoms with E-state index in [1.165, 1.54) is 23.9 Å². The largest absolute Gasteiger partial charge is 0.496 e. The minimum atomic E-state index is -0.355. The van der Waals surface area contributed by atoms with Crippen LogP contribution in [0.3, 0.4) is 0 Å². The first-order valence-corrected chi connectivity index (χ1v) is 9.29. The number of amides is 1. The molecular formula is C23H19N3O4. The fourth-order valence-electron chi connectivity index (χ4n) is 3.02. The van der Waals surface area contributed by atoms with Crippen LogP contribution in [0, 0.1) is 0 Å². The highest BCUT2D eigenvalue weighted by Crippen LogP contribution is 2.19. The van der Waals surface area contributed by atoms with Gasteiger partial charge in [0.1, 0.15) is 11.4 Å². The summed E-state index contributed by atoms with van der Waals surface area (Å²) in [5.74, 6) is 0.543. The van der Waals surface area contributed by atoms with E-state index in [2.05, 4.69) is 10.3 Å². The molecule has 0 unspecified atom stereocenters. The van der Waals surface area contributed by atoms with Crippen molar-refractivity contribution in [2.45, 2.75) is 6.54 Å². The number of nitrogens with zero attached hydrogens (tertiary/aromatic N) is 2. The normalized spacial score (nSPS) is 10.6. The molecule has 0 saturated heterocycles. The average molecular weight is 401 g/mol. The Bertz CT molecular complexity index is 1200. The predicted molar refractivity (Wildman–Crippen MR) is 112 cm³/mol. The Morgan fingerprint density at radius 2 is 1.97 bits per heavy atom. The number of ether oxygens (including phenoxy) is 1. The molecule has 3 heterocycles. The number of rotatable bonds is 6. The molecule has 0 bridgehead atoms. The van der Waals surface area contributed by atoms with Gasteiger partial charge in [-0.2, -0.15) is 0 Å². The van der Waals surface area contributed by atoms with Crippen molar-refractivity contribution in [3.63, 3.8) is 0 Å². The van der Waals surface area contributed by atoms with Crippen LogP contribution in [0.25, 0.3) is 17.1 Å². The number of nitrogens with one attached hydrogen (secondary N) is 1. The van der Waals surface area contributed by atoms with Gasteiger partial charge in [-0.1, -0.05) is 24.3 Å². The zero-order valence-electron chi connectivity index (χ0n) is 16.2. The summed E-state index contributed by atoms with van der Waals surface area (Å²) in [6.07, 6.45) is 4.76. The van der Waals surface area contributed by atoms with Crippen molar-refractivity contribution < 1.29 is 13.9 Å². The maximum absolute atomic E-state index is 12.8. The first-order valence-electron chi connectivity index (χ1n) is 9.29. The number of carbonyl (C=O) groups excluding carboxylic acids is 1. The Morgan fingerprint density at radius 3 is 2.63 bits per heavy atom. The zero-order valence-corrected chi connectivity index (χ0v) is 16.2. The Balaban J connectivity index is 1.53. The third kappa shape index (κ3) is 4.00. The van der Waals surface area contributed by atoms with Crippen LogP contribution >= 0.6 is 0 Å². The Morgan fingerprint density at radius 1 is 1.13 bits per heavy atom. The molecule has 7 heteroatoms. The summed E-state index contributed by atoms with van der Waals surface area (Å²) >= 11 is 0. The standard InChI is InChI=1S/C23H19N3O4/c1-29-21-12-22(27)26(17-6-3-2-4-7-17)15-18(21)23(28)25-14-16-9-10-19(24-13-16)20-8-5-11-30-20/h2-13,15H,14H2,1H3,(H,25,28). The molecule has 0 saturated carbocycles. The molecule has 4 aromatic rings. The number of hydrogen-bond donors (Lipinski definition) is 1. The number of benzene rings is 1. The number of hydrogen-bond acceptors (Lipinski definition) is 5. The third-order valence-electron chi connectivity index (χ3n) is 4.57. The fourth-order valence-corrected chi connectivity index (χ4v) is 3.02. The van der Waals surface area contributed by atoms with Crippen LogP contribution in [0.15, 0.2) is 88.5 Å². The molecule has 150 valence electrons. The van der Waals surface area contributed by atoms with Gasteiger partial charge in [0.05, 0.1) is 18.9 Å². The molecule has 0 fully saturated rings. The van der Waals surface area contributed by atoms with Gasteiger partial charge in [-0.3, -0.25) is 19.1 Å². The smallest absolute Gasteiger partial charge is 0.258 e. The van der Waals surface area contributed by atoms with Gasteiger partial charge in [0.2, 0.25) is 0 Å². The highest BCUT2D eigenvalue weighted by Gasteiger charge is 2.16. The lowest BCUT2D eigenvalue weighted by Crippen LogP contribution is -2.27. The summed E-state index contributed by atoms with van der Waals surface area (Å²) in [6.45, 7) is 0.276. The molecular weight excluding hydrogens is 382 g/mol. The van der Waals surface area contributed by atoms with Crippen LogP contribution in [0.5, 0.6) is 5.75 Å². The molecule has 0 spiro atoms. The topological polar surface area (TPSA) is 86.4 Å². The van der Waals surface area contributed by atoms with Crippen molar-refractivity contribution in [2.24, 2.45) is 0 Å². The number of methoxy groups -OCH3 is 1. The molecule has 1 amide bonds. The molecule has 1 aromatic carbocycles. The van der Waals surface area contributed by atoms with Crippen molar-refractivity contribution in [1.29, 1.82) is 0 Å². The lowest BCUT2D eigenvalue weighted by atomic mass is 10.2. The summed E-state index contributed by atoms with van der Waals surface area (Å²) in [4.78, 5) is 29.6. The highest BCUT2D eigenvalue weighted by atomic mass is 16.5. The minimum Gasteiger partial charge on any atom is -0.496 e. The van der Waals surface area contributed by atoms with E-state index in [9.17, 15) is 9.59 Å². The quantitative estimate of drug-likeness (QED) is 0.535. The second-order valence-corrected chi connectivity index (χ2v) is 6.51. The summed E-state index contributed by atoms with van der Waals surface area (Å²) in [7, 11) is 1.43. The number of aromatic nitrogens is 2. The summed E-state index contributed by atoms with van der Waals surface area (Å²) in [6, 6.07) is 17.7. The van der Waals surface area contributed by atoms with E-state index in [0.717, 1.165) is 5.56 Å². The molecule has 1 N–H and O–H groups in total. The van der Waals surface area contributed by atoms with Crippen LogP contribution in [0.2, 0.25) is 0 Å². The minimum absolute atomic E-state index is 0.218. The third-order valence-corrected chi connectivity index (χ3v) is 4.57. The maximum atomic E-state index is 12.8. The van der Waals surface area contributed by atoms with Crippen molar-refractivity contribution in [1.82, 2.24) is 14.9 Å². The molecule has 4 rings (SSSR count). The van der Waals surface area contributed by atoms with Crippen molar-refractivity contribution in [3.8, 4) is 22.9 Å². The van der Waals surface area contributed by atoms with Gasteiger partial charge >= 0.3 is 0 Å². The lowest BCUT2D eigenvalue weighted by molar-refractivity contribution is 0.0947. The molecule has 0 atom stereocenters. The molecule has 0 radical (unpaired) electrons. The molecule has 7 nitrogen and oxygen atoms in total. The van der Waals surface area contributed by atoms with Crippen LogP contribution < -0.4 is 15.6 Å². The van der Waals surface area contributed by atoms with Crippen LogP contribution in [0.1, 0.15) is 15.9 Å². The molecule has 30 heavy (non-hydrogen) atoms. The van der Waals surface area contributed by atoms with E-state index < -0.39 is 0 Å². The van der Waals surface area contributed by atoms with Crippen LogP contribution in [0.4, 0.5) is 0 Å². The van der Waals surface area contributed by atoms with E-state index in [1.807, 2.05) is 36.4 Å². The van der Waals surface area contributed by atoms with E-state index in [0.29, 0.717) is 17.1 Å². The maximum Gasteiger partial charge on any atom is 0.258 e. The predicted octanol–water partition coefficient (Wildman–Crippen LogP) is 3.43. The molecule has 0 aliphatic heterocycles. The Hall–Kier alpha value is -4.13.